The summed E-state index contributed by atoms with van der Waals surface area (Å²) in [6.07, 6.45) is 77.5. The lowest BCUT2D eigenvalue weighted by molar-refractivity contribution is -0.167. The third kappa shape index (κ3) is 49.8. The maximum absolute atomic E-state index is 12.8. The third-order valence-corrected chi connectivity index (χ3v) is 9.79. The number of carbonyl (C=O) groups is 3. The van der Waals surface area contributed by atoms with Gasteiger partial charge in [0.1, 0.15) is 13.2 Å². The van der Waals surface area contributed by atoms with E-state index in [2.05, 4.69) is 57.2 Å². The van der Waals surface area contributed by atoms with Crippen molar-refractivity contribution >= 4 is 17.9 Å². The predicted molar refractivity (Wildman–Crippen MR) is 283 cm³/mol. The van der Waals surface area contributed by atoms with Gasteiger partial charge in [0.25, 0.3) is 0 Å². The number of unbranched alkanes of at least 4 members (excludes halogenated alkanes) is 14. The van der Waals surface area contributed by atoms with Crippen molar-refractivity contribution in [1.29, 1.82) is 0 Å². The van der Waals surface area contributed by atoms with Gasteiger partial charge < -0.3 is 14.2 Å². The average Bonchev–Trinajstić information content (AvgIpc) is 3.31. The molecule has 0 amide bonds. The van der Waals surface area contributed by atoms with Gasteiger partial charge in [0.2, 0.25) is 0 Å². The highest BCUT2D eigenvalue weighted by molar-refractivity contribution is 5.71. The Morgan fingerprint density at radius 3 is 0.985 bits per heavy atom. The maximum atomic E-state index is 12.8. The fourth-order valence-electron chi connectivity index (χ4n) is 6.04. The normalized spacial score (nSPS) is 13.6. The molecule has 0 aromatic rings. The van der Waals surface area contributed by atoms with E-state index in [9.17, 15) is 14.4 Å². The van der Waals surface area contributed by atoms with Crippen molar-refractivity contribution in [3.05, 3.63) is 170 Å². The van der Waals surface area contributed by atoms with Crippen molar-refractivity contribution in [1.82, 2.24) is 0 Å². The van der Waals surface area contributed by atoms with Crippen LogP contribution in [-0.4, -0.2) is 37.2 Å². The Labute approximate surface area is 402 Å². The largest absolute Gasteiger partial charge is 0.462 e. The molecule has 6 nitrogen and oxygen atoms in total. The van der Waals surface area contributed by atoms with E-state index in [0.29, 0.717) is 19.3 Å². The van der Waals surface area contributed by atoms with Crippen molar-refractivity contribution in [3.63, 3.8) is 0 Å². The summed E-state index contributed by atoms with van der Waals surface area (Å²) < 4.78 is 16.7. The van der Waals surface area contributed by atoms with Crippen LogP contribution in [0.15, 0.2) is 170 Å². The molecule has 0 bridgehead atoms. The second-order valence-electron chi connectivity index (χ2n) is 15.9. The zero-order valence-corrected chi connectivity index (χ0v) is 41.4. The van der Waals surface area contributed by atoms with Gasteiger partial charge in [-0.15, -0.1) is 0 Å². The van der Waals surface area contributed by atoms with E-state index in [0.717, 1.165) is 83.5 Å². The zero-order chi connectivity index (χ0) is 47.9. The molecular formula is C60H88O6. The number of ether oxygens (including phenoxy) is 3. The Morgan fingerprint density at radius 1 is 0.318 bits per heavy atom. The minimum Gasteiger partial charge on any atom is -0.462 e. The van der Waals surface area contributed by atoms with Crippen LogP contribution in [-0.2, 0) is 28.6 Å². The number of esters is 3. The van der Waals surface area contributed by atoms with Gasteiger partial charge in [-0.05, 0) is 83.5 Å². The Morgan fingerprint density at radius 2 is 0.606 bits per heavy atom. The lowest BCUT2D eigenvalue weighted by Crippen LogP contribution is -2.30. The van der Waals surface area contributed by atoms with Crippen LogP contribution in [0.2, 0.25) is 0 Å². The zero-order valence-electron chi connectivity index (χ0n) is 41.4. The van der Waals surface area contributed by atoms with E-state index in [1.54, 1.807) is 0 Å². The second-order valence-corrected chi connectivity index (χ2v) is 15.9. The first-order valence-corrected chi connectivity index (χ1v) is 25.3. The van der Waals surface area contributed by atoms with Crippen molar-refractivity contribution in [2.45, 2.75) is 175 Å². The summed E-state index contributed by atoms with van der Waals surface area (Å²) in [4.78, 5) is 38.0. The van der Waals surface area contributed by atoms with Gasteiger partial charge in [-0.3, -0.25) is 14.4 Å². The van der Waals surface area contributed by atoms with Crippen LogP contribution in [0.1, 0.15) is 168 Å². The molecule has 0 saturated carbocycles. The Hall–Kier alpha value is -5.23. The molecule has 1 unspecified atom stereocenters. The number of hydrogen-bond donors (Lipinski definition) is 0. The lowest BCUT2D eigenvalue weighted by Gasteiger charge is -2.18. The molecule has 0 aliphatic carbocycles. The first-order chi connectivity index (χ1) is 32.5. The van der Waals surface area contributed by atoms with Crippen LogP contribution in [0.3, 0.4) is 0 Å². The molecule has 1 atom stereocenters. The molecule has 0 heterocycles. The van der Waals surface area contributed by atoms with E-state index < -0.39 is 6.10 Å². The smallest absolute Gasteiger partial charge is 0.306 e. The summed E-state index contributed by atoms with van der Waals surface area (Å²) >= 11 is 0. The van der Waals surface area contributed by atoms with Crippen molar-refractivity contribution in [2.24, 2.45) is 0 Å². The second kappa shape index (κ2) is 52.4. The number of rotatable bonds is 42. The molecule has 0 N–H and O–H groups in total. The summed E-state index contributed by atoms with van der Waals surface area (Å²) in [7, 11) is 0. The van der Waals surface area contributed by atoms with E-state index in [1.165, 1.54) is 32.1 Å². The fraction of sp³-hybridized carbons (Fsp3) is 0.483. The molecule has 66 heavy (non-hydrogen) atoms. The highest BCUT2D eigenvalue weighted by Gasteiger charge is 2.19. The highest BCUT2D eigenvalue weighted by Crippen LogP contribution is 2.12. The van der Waals surface area contributed by atoms with Gasteiger partial charge in [0.05, 0.1) is 0 Å². The summed E-state index contributed by atoms with van der Waals surface area (Å²) in [5, 5.41) is 0. The maximum Gasteiger partial charge on any atom is 0.306 e. The van der Waals surface area contributed by atoms with Crippen LogP contribution in [0.5, 0.6) is 0 Å². The summed E-state index contributed by atoms with van der Waals surface area (Å²) in [6, 6.07) is 0. The predicted octanol–water partition coefficient (Wildman–Crippen LogP) is 16.8. The first kappa shape index (κ1) is 60.8. The minimum atomic E-state index is -0.833. The summed E-state index contributed by atoms with van der Waals surface area (Å²) in [6.45, 7) is 6.20. The van der Waals surface area contributed by atoms with Crippen LogP contribution >= 0.6 is 0 Å². The molecule has 0 radical (unpaired) electrons. The fourth-order valence-corrected chi connectivity index (χ4v) is 6.04. The molecule has 364 valence electrons. The molecule has 0 spiro atoms. The molecule has 0 rings (SSSR count). The van der Waals surface area contributed by atoms with Gasteiger partial charge in [0.15, 0.2) is 6.10 Å². The Bertz CT molecular complexity index is 1600. The van der Waals surface area contributed by atoms with Gasteiger partial charge >= 0.3 is 17.9 Å². The van der Waals surface area contributed by atoms with Gasteiger partial charge in [-0.2, -0.15) is 0 Å². The van der Waals surface area contributed by atoms with Gasteiger partial charge in [-0.1, -0.05) is 236 Å². The quantitative estimate of drug-likeness (QED) is 0.0200. The average molecular weight is 905 g/mol. The Balaban J connectivity index is 4.64. The van der Waals surface area contributed by atoms with E-state index in [4.69, 9.17) is 14.2 Å². The lowest BCUT2D eigenvalue weighted by atomic mass is 10.1. The van der Waals surface area contributed by atoms with E-state index >= 15 is 0 Å². The molecule has 0 aromatic carbocycles. The summed E-state index contributed by atoms with van der Waals surface area (Å²) in [5.41, 5.74) is 0. The topological polar surface area (TPSA) is 78.9 Å². The van der Waals surface area contributed by atoms with E-state index in [1.807, 2.05) is 134 Å². The van der Waals surface area contributed by atoms with Crippen molar-refractivity contribution in [2.75, 3.05) is 13.2 Å². The molecule has 0 aromatic heterocycles. The highest BCUT2D eigenvalue weighted by atomic mass is 16.6. The molecule has 0 aliphatic rings. The van der Waals surface area contributed by atoms with Gasteiger partial charge in [0, 0.05) is 19.3 Å². The van der Waals surface area contributed by atoms with Crippen LogP contribution in [0.25, 0.3) is 0 Å². The monoisotopic (exact) mass is 905 g/mol. The Kier molecular flexibility index (Phi) is 48.2. The third-order valence-electron chi connectivity index (χ3n) is 9.79. The van der Waals surface area contributed by atoms with E-state index in [-0.39, 0.29) is 44.0 Å². The molecule has 0 aliphatic heterocycles. The van der Waals surface area contributed by atoms with Crippen LogP contribution in [0.4, 0.5) is 0 Å². The number of hydrogen-bond acceptors (Lipinski definition) is 6. The summed E-state index contributed by atoms with van der Waals surface area (Å²) in [5.74, 6) is -1.04. The SMILES string of the molecule is CC\C=C/C=C\C=C/C=C\C=C\C=C/C=C\CCCCCC(=O)OCC(COC(=O)CCCCCCC/C=C\CCCCC)OC(=O)CCCCC\C=C/C=C/C=C\C=C/C=C\C=C/CC. The molecule has 0 fully saturated rings. The first-order valence-electron chi connectivity index (χ1n) is 25.3. The minimum absolute atomic E-state index is 0.125. The van der Waals surface area contributed by atoms with Crippen LogP contribution < -0.4 is 0 Å². The molecular weight excluding hydrogens is 817 g/mol. The molecule has 6 heteroatoms. The number of carbonyl (C=O) groups excluding carboxylic acids is 3. The number of allylic oxidation sites excluding steroid dienone is 28. The molecule has 0 saturated heterocycles. The standard InChI is InChI=1S/C60H88O6/c1-4-7-10-13-16-19-22-25-27-29-30-32-33-35-38-41-44-47-50-53-59(62)65-56-57(55-64-58(61)52-49-46-43-40-37-24-21-18-15-12-9-6-3)66-60(63)54-51-48-45-42-39-36-34-31-28-26-23-20-17-14-11-8-5-2/h7-8,10-11,13-14,16-23,25-36,38-39,57H,4-6,9,12,15,24,37,40-56H2,1-3H3/b10-7-,11-8-,16-13-,17-14-,21-18-,22-19-,23-20-,27-25-,28-26-,30-29+,33-32-,34-31+,38-35-,39-36-. The van der Waals surface area contributed by atoms with Crippen molar-refractivity contribution < 1.29 is 28.6 Å². The van der Waals surface area contributed by atoms with Crippen LogP contribution in [0, 0.1) is 0 Å². The van der Waals surface area contributed by atoms with Gasteiger partial charge in [-0.25, -0.2) is 0 Å². The van der Waals surface area contributed by atoms with Crippen molar-refractivity contribution in [3.8, 4) is 0 Å².